The average molecular weight is 477 g/mol. The molecule has 34 heavy (non-hydrogen) atoms. The van der Waals surface area contributed by atoms with Crippen molar-refractivity contribution in [3.05, 3.63) is 70.3 Å². The van der Waals surface area contributed by atoms with Gasteiger partial charge < -0.3 is 4.74 Å². The van der Waals surface area contributed by atoms with Crippen molar-refractivity contribution in [2.75, 3.05) is 7.11 Å². The average Bonchev–Trinajstić information content (AvgIpc) is 3.17. The molecule has 7 heteroatoms. The Bertz CT molecular complexity index is 1230. The Hall–Kier alpha value is -2.99. The predicted octanol–water partition coefficient (Wildman–Crippen LogP) is 6.06. The normalized spacial score (nSPS) is 18.0. The quantitative estimate of drug-likeness (QED) is 0.433. The monoisotopic (exact) mass is 476 g/mol. The standard InChI is InChI=1S/C27H29ClN4O2/c1-17-30-31-27-24(15-21(33)14-18-6-4-3-5-7-18)29-26(19-8-10-20(28)11-9-19)23-16-22(34-2)12-13-25(23)32(17)27/h8-13,16,18,24H,3-7,14-15H2,1-2H3. The van der Waals surface area contributed by atoms with Crippen LogP contribution in [-0.2, 0) is 4.79 Å². The molecule has 0 radical (unpaired) electrons. The summed E-state index contributed by atoms with van der Waals surface area (Å²) in [5.41, 5.74) is 3.56. The molecule has 2 aliphatic rings. The van der Waals surface area contributed by atoms with Crippen LogP contribution in [0.1, 0.15) is 73.8 Å². The molecular weight excluding hydrogens is 448 g/mol. The SMILES string of the molecule is COc1ccc2c(c1)C(c1ccc(Cl)cc1)=NC(CC(=O)CC1CCCCC1)c1nnc(C)n1-2. The number of methoxy groups -OCH3 is 1. The second-order valence-electron chi connectivity index (χ2n) is 9.28. The number of carbonyl (C=O) groups excluding carboxylic acids is 1. The third kappa shape index (κ3) is 4.51. The molecule has 176 valence electrons. The number of hydrogen-bond donors (Lipinski definition) is 0. The highest BCUT2D eigenvalue weighted by molar-refractivity contribution is 6.30. The van der Waals surface area contributed by atoms with Gasteiger partial charge in [0.15, 0.2) is 5.82 Å². The van der Waals surface area contributed by atoms with Crippen molar-refractivity contribution in [2.45, 2.75) is 57.9 Å². The lowest BCUT2D eigenvalue weighted by molar-refractivity contribution is -0.120. The fourth-order valence-corrected chi connectivity index (χ4v) is 5.32. The number of rotatable bonds is 6. The van der Waals surface area contributed by atoms with E-state index in [2.05, 4.69) is 10.2 Å². The molecular formula is C27H29ClN4O2. The van der Waals surface area contributed by atoms with Crippen LogP contribution in [0.25, 0.3) is 5.69 Å². The number of carbonyl (C=O) groups is 1. The predicted molar refractivity (Wildman–Crippen MR) is 133 cm³/mol. The maximum absolute atomic E-state index is 13.2. The number of fused-ring (bicyclic) bond motifs is 3. The van der Waals surface area contributed by atoms with E-state index in [0.29, 0.717) is 29.6 Å². The van der Waals surface area contributed by atoms with Crippen molar-refractivity contribution in [1.29, 1.82) is 0 Å². The van der Waals surface area contributed by atoms with Gasteiger partial charge >= 0.3 is 0 Å². The Morgan fingerprint density at radius 1 is 1.06 bits per heavy atom. The number of nitrogens with zero attached hydrogens (tertiary/aromatic N) is 4. The van der Waals surface area contributed by atoms with E-state index in [1.807, 2.05) is 54.0 Å². The van der Waals surface area contributed by atoms with Gasteiger partial charge in [-0.2, -0.15) is 0 Å². The molecule has 1 aliphatic heterocycles. The summed E-state index contributed by atoms with van der Waals surface area (Å²) >= 11 is 6.17. The van der Waals surface area contributed by atoms with E-state index in [9.17, 15) is 4.79 Å². The lowest BCUT2D eigenvalue weighted by Crippen LogP contribution is -2.16. The van der Waals surface area contributed by atoms with Gasteiger partial charge in [-0.25, -0.2) is 0 Å². The summed E-state index contributed by atoms with van der Waals surface area (Å²) in [6.07, 6.45) is 6.97. The molecule has 6 nitrogen and oxygen atoms in total. The molecule has 1 atom stereocenters. The Balaban J connectivity index is 1.59. The minimum Gasteiger partial charge on any atom is -0.497 e. The van der Waals surface area contributed by atoms with Gasteiger partial charge in [-0.3, -0.25) is 14.4 Å². The number of benzene rings is 2. The first kappa shape index (κ1) is 22.8. The topological polar surface area (TPSA) is 69.4 Å². The van der Waals surface area contributed by atoms with Crippen molar-refractivity contribution in [3.63, 3.8) is 0 Å². The Labute approximate surface area is 205 Å². The van der Waals surface area contributed by atoms with Gasteiger partial charge in [-0.05, 0) is 43.2 Å². The summed E-state index contributed by atoms with van der Waals surface area (Å²) in [7, 11) is 1.65. The first-order valence-corrected chi connectivity index (χ1v) is 12.4. The summed E-state index contributed by atoms with van der Waals surface area (Å²) < 4.78 is 7.56. The second-order valence-corrected chi connectivity index (χ2v) is 9.71. The fraction of sp³-hybridized carbons (Fsp3) is 0.407. The van der Waals surface area contributed by atoms with Gasteiger partial charge in [-0.15, -0.1) is 10.2 Å². The van der Waals surface area contributed by atoms with Crippen molar-refractivity contribution in [2.24, 2.45) is 10.9 Å². The number of aromatic nitrogens is 3. The van der Waals surface area contributed by atoms with Crippen molar-refractivity contribution in [1.82, 2.24) is 14.8 Å². The summed E-state index contributed by atoms with van der Waals surface area (Å²) in [5, 5.41) is 9.49. The number of ether oxygens (including phenoxy) is 1. The first-order valence-electron chi connectivity index (χ1n) is 12.0. The molecule has 0 spiro atoms. The van der Waals surface area contributed by atoms with Crippen LogP contribution in [0.2, 0.25) is 5.02 Å². The van der Waals surface area contributed by atoms with Gasteiger partial charge in [0.2, 0.25) is 0 Å². The van der Waals surface area contributed by atoms with E-state index in [-0.39, 0.29) is 5.78 Å². The number of aliphatic imine (C=N–C) groups is 1. The molecule has 1 saturated carbocycles. The number of ketones is 1. The Kier molecular flexibility index (Phi) is 6.50. The van der Waals surface area contributed by atoms with Crippen LogP contribution < -0.4 is 4.74 Å². The van der Waals surface area contributed by atoms with Crippen LogP contribution in [-0.4, -0.2) is 33.4 Å². The molecule has 3 aromatic rings. The minimum absolute atomic E-state index is 0.242. The number of Topliss-reactive ketones (excluding diaryl/α,β-unsaturated/α-hetero) is 1. The van der Waals surface area contributed by atoms with Crippen LogP contribution >= 0.6 is 11.6 Å². The summed E-state index contributed by atoms with van der Waals surface area (Å²) in [6, 6.07) is 13.1. The first-order chi connectivity index (χ1) is 16.5. The molecule has 1 aromatic heterocycles. The molecule has 0 N–H and O–H groups in total. The van der Waals surface area contributed by atoms with Gasteiger partial charge in [-0.1, -0.05) is 55.8 Å². The van der Waals surface area contributed by atoms with E-state index >= 15 is 0 Å². The summed E-state index contributed by atoms with van der Waals surface area (Å²) in [4.78, 5) is 18.4. The van der Waals surface area contributed by atoms with E-state index in [4.69, 9.17) is 21.3 Å². The highest BCUT2D eigenvalue weighted by Gasteiger charge is 2.30. The highest BCUT2D eigenvalue weighted by atomic mass is 35.5. The third-order valence-corrected chi connectivity index (χ3v) is 7.16. The zero-order chi connectivity index (χ0) is 23.7. The highest BCUT2D eigenvalue weighted by Crippen LogP contribution is 2.35. The number of aryl methyl sites for hydroxylation is 1. The van der Waals surface area contributed by atoms with Gasteiger partial charge in [0.25, 0.3) is 0 Å². The Morgan fingerprint density at radius 3 is 2.56 bits per heavy atom. The van der Waals surface area contributed by atoms with Crippen LogP contribution in [0.5, 0.6) is 5.75 Å². The van der Waals surface area contributed by atoms with E-state index in [1.54, 1.807) is 7.11 Å². The van der Waals surface area contributed by atoms with Crippen molar-refractivity contribution >= 4 is 23.1 Å². The molecule has 1 fully saturated rings. The van der Waals surface area contributed by atoms with Gasteiger partial charge in [0.1, 0.15) is 23.4 Å². The van der Waals surface area contributed by atoms with Crippen LogP contribution in [0, 0.1) is 12.8 Å². The van der Waals surface area contributed by atoms with Gasteiger partial charge in [0.05, 0.1) is 18.5 Å². The van der Waals surface area contributed by atoms with E-state index < -0.39 is 6.04 Å². The summed E-state index contributed by atoms with van der Waals surface area (Å²) in [5.74, 6) is 2.93. The zero-order valence-corrected chi connectivity index (χ0v) is 20.4. The minimum atomic E-state index is -0.415. The molecule has 0 bridgehead atoms. The van der Waals surface area contributed by atoms with Crippen molar-refractivity contribution in [3.8, 4) is 11.4 Å². The van der Waals surface area contributed by atoms with E-state index in [1.165, 1.54) is 19.3 Å². The number of halogens is 1. The lowest BCUT2D eigenvalue weighted by Gasteiger charge is -2.21. The smallest absolute Gasteiger partial charge is 0.162 e. The summed E-state index contributed by atoms with van der Waals surface area (Å²) in [6.45, 7) is 1.93. The van der Waals surface area contributed by atoms with Crippen molar-refractivity contribution < 1.29 is 9.53 Å². The lowest BCUT2D eigenvalue weighted by atomic mass is 9.85. The van der Waals surface area contributed by atoms with Gasteiger partial charge in [0, 0.05) is 29.0 Å². The third-order valence-electron chi connectivity index (χ3n) is 6.91. The maximum atomic E-state index is 13.2. The van der Waals surface area contributed by atoms with Crippen LogP contribution in [0.15, 0.2) is 47.5 Å². The molecule has 2 heterocycles. The molecule has 1 aliphatic carbocycles. The second kappa shape index (κ2) is 9.71. The molecule has 0 amide bonds. The maximum Gasteiger partial charge on any atom is 0.162 e. The molecule has 2 aromatic carbocycles. The van der Waals surface area contributed by atoms with Crippen LogP contribution in [0.4, 0.5) is 0 Å². The van der Waals surface area contributed by atoms with Crippen LogP contribution in [0.3, 0.4) is 0 Å². The fourth-order valence-electron chi connectivity index (χ4n) is 5.19. The Morgan fingerprint density at radius 2 is 1.82 bits per heavy atom. The number of hydrogen-bond acceptors (Lipinski definition) is 5. The molecule has 0 saturated heterocycles. The largest absolute Gasteiger partial charge is 0.497 e. The molecule has 5 rings (SSSR count). The zero-order valence-electron chi connectivity index (χ0n) is 19.6. The van der Waals surface area contributed by atoms with E-state index in [0.717, 1.165) is 46.9 Å². The molecule has 1 unspecified atom stereocenters.